The highest BCUT2D eigenvalue weighted by molar-refractivity contribution is 7.15. The summed E-state index contributed by atoms with van der Waals surface area (Å²) in [5, 5.41) is 12.0. The van der Waals surface area contributed by atoms with E-state index in [1.807, 2.05) is 30.3 Å². The molecule has 0 aliphatic carbocycles. The van der Waals surface area contributed by atoms with Crippen LogP contribution in [-0.2, 0) is 6.42 Å². The van der Waals surface area contributed by atoms with Crippen LogP contribution in [-0.4, -0.2) is 27.7 Å². The van der Waals surface area contributed by atoms with Crippen molar-refractivity contribution in [2.75, 3.05) is 11.9 Å². The van der Waals surface area contributed by atoms with Gasteiger partial charge in [-0.25, -0.2) is 0 Å². The Hall–Kier alpha value is -2.80. The number of para-hydroxylation sites is 1. The Morgan fingerprint density at radius 3 is 2.78 bits per heavy atom. The van der Waals surface area contributed by atoms with E-state index in [4.69, 9.17) is 4.74 Å². The highest BCUT2D eigenvalue weighted by atomic mass is 32.1. The minimum atomic E-state index is -0.249. The van der Waals surface area contributed by atoms with E-state index in [2.05, 4.69) is 20.5 Å². The molecular weight excluding hydrogens is 312 g/mol. The molecular formula is C16H14N4O2S. The maximum Gasteiger partial charge on any atom is 0.259 e. The molecule has 0 saturated heterocycles. The molecule has 23 heavy (non-hydrogen) atoms. The number of amides is 1. The first-order chi connectivity index (χ1) is 11.3. The third kappa shape index (κ3) is 4.33. The van der Waals surface area contributed by atoms with Crippen molar-refractivity contribution in [1.29, 1.82) is 0 Å². The van der Waals surface area contributed by atoms with E-state index in [1.165, 1.54) is 17.5 Å². The number of ether oxygens (including phenoxy) is 1. The molecule has 1 aromatic carbocycles. The molecule has 0 aliphatic heterocycles. The lowest BCUT2D eigenvalue weighted by Gasteiger charge is -2.03. The molecule has 3 rings (SSSR count). The average molecular weight is 326 g/mol. The zero-order valence-electron chi connectivity index (χ0n) is 12.2. The van der Waals surface area contributed by atoms with E-state index in [0.717, 1.165) is 10.8 Å². The van der Waals surface area contributed by atoms with E-state index >= 15 is 0 Å². The number of hydrogen-bond donors (Lipinski definition) is 1. The number of aromatic nitrogens is 3. The molecule has 0 radical (unpaired) electrons. The topological polar surface area (TPSA) is 77.0 Å². The second-order valence-electron chi connectivity index (χ2n) is 4.61. The highest BCUT2D eigenvalue weighted by Gasteiger charge is 2.10. The van der Waals surface area contributed by atoms with Gasteiger partial charge in [0, 0.05) is 18.8 Å². The van der Waals surface area contributed by atoms with Gasteiger partial charge < -0.3 is 4.74 Å². The van der Waals surface area contributed by atoms with Crippen LogP contribution in [0, 0.1) is 0 Å². The Bertz CT molecular complexity index is 762. The molecule has 0 spiro atoms. The van der Waals surface area contributed by atoms with Crippen molar-refractivity contribution in [3.05, 3.63) is 65.4 Å². The van der Waals surface area contributed by atoms with Gasteiger partial charge in [-0.05, 0) is 24.3 Å². The lowest BCUT2D eigenvalue weighted by molar-refractivity contribution is 0.102. The summed E-state index contributed by atoms with van der Waals surface area (Å²) in [6.07, 6.45) is 3.76. The number of carbonyl (C=O) groups is 1. The molecule has 1 N–H and O–H groups in total. The van der Waals surface area contributed by atoms with E-state index < -0.39 is 0 Å². The van der Waals surface area contributed by atoms with Gasteiger partial charge in [0.2, 0.25) is 5.13 Å². The SMILES string of the molecule is O=C(Nc1nnc(CCOc2ccccc2)s1)c1cccnc1. The van der Waals surface area contributed by atoms with Gasteiger partial charge >= 0.3 is 0 Å². The second kappa shape index (κ2) is 7.46. The number of pyridine rings is 1. The highest BCUT2D eigenvalue weighted by Crippen LogP contribution is 2.17. The molecule has 2 aromatic heterocycles. The number of benzene rings is 1. The van der Waals surface area contributed by atoms with E-state index in [0.29, 0.717) is 23.7 Å². The van der Waals surface area contributed by atoms with Gasteiger partial charge in [-0.2, -0.15) is 0 Å². The quantitative estimate of drug-likeness (QED) is 0.754. The lowest BCUT2D eigenvalue weighted by Crippen LogP contribution is -2.11. The lowest BCUT2D eigenvalue weighted by atomic mass is 10.3. The summed E-state index contributed by atoms with van der Waals surface area (Å²) in [4.78, 5) is 15.9. The van der Waals surface area contributed by atoms with Crippen LogP contribution in [0.15, 0.2) is 54.9 Å². The fraction of sp³-hybridized carbons (Fsp3) is 0.125. The second-order valence-corrected chi connectivity index (χ2v) is 5.67. The van der Waals surface area contributed by atoms with Gasteiger partial charge in [-0.15, -0.1) is 10.2 Å². The number of hydrogen-bond acceptors (Lipinski definition) is 6. The number of anilines is 1. The number of carbonyl (C=O) groups excluding carboxylic acids is 1. The van der Waals surface area contributed by atoms with Crippen molar-refractivity contribution >= 4 is 22.4 Å². The summed E-state index contributed by atoms with van der Waals surface area (Å²) in [6, 6.07) is 13.0. The minimum Gasteiger partial charge on any atom is -0.493 e. The van der Waals surface area contributed by atoms with E-state index in [9.17, 15) is 4.79 Å². The molecule has 0 atom stereocenters. The van der Waals surface area contributed by atoms with Crippen molar-refractivity contribution in [2.24, 2.45) is 0 Å². The molecule has 0 saturated carbocycles. The average Bonchev–Trinajstić information content (AvgIpc) is 3.04. The Labute approximate surface area is 137 Å². The Morgan fingerprint density at radius 1 is 1.13 bits per heavy atom. The predicted octanol–water partition coefficient (Wildman–Crippen LogP) is 2.81. The van der Waals surface area contributed by atoms with Crippen molar-refractivity contribution in [1.82, 2.24) is 15.2 Å². The summed E-state index contributed by atoms with van der Waals surface area (Å²) in [5.74, 6) is 0.573. The van der Waals surface area contributed by atoms with Gasteiger partial charge in [0.05, 0.1) is 12.2 Å². The molecule has 0 aliphatic rings. The first-order valence-corrected chi connectivity index (χ1v) is 7.84. The molecule has 6 nitrogen and oxygen atoms in total. The van der Waals surface area contributed by atoms with Crippen molar-refractivity contribution < 1.29 is 9.53 Å². The normalized spacial score (nSPS) is 10.3. The van der Waals surface area contributed by atoms with Crippen LogP contribution in [0.25, 0.3) is 0 Å². The number of nitrogens with one attached hydrogen (secondary N) is 1. The zero-order valence-corrected chi connectivity index (χ0v) is 13.0. The summed E-state index contributed by atoms with van der Waals surface area (Å²) in [5.41, 5.74) is 0.483. The van der Waals surface area contributed by atoms with E-state index in [-0.39, 0.29) is 5.91 Å². The zero-order chi connectivity index (χ0) is 15.9. The van der Waals surface area contributed by atoms with Crippen LogP contribution in [0.5, 0.6) is 5.75 Å². The molecule has 3 aromatic rings. The number of nitrogens with zero attached hydrogens (tertiary/aromatic N) is 3. The predicted molar refractivity (Wildman–Crippen MR) is 87.7 cm³/mol. The fourth-order valence-electron chi connectivity index (χ4n) is 1.84. The van der Waals surface area contributed by atoms with Crippen LogP contribution in [0.2, 0.25) is 0 Å². The molecule has 0 bridgehead atoms. The standard InChI is InChI=1S/C16H14N4O2S/c21-15(12-5-4-9-17-11-12)18-16-20-19-14(23-16)8-10-22-13-6-2-1-3-7-13/h1-7,9,11H,8,10H2,(H,18,20,21). The van der Waals surface area contributed by atoms with Crippen LogP contribution < -0.4 is 10.1 Å². The molecule has 116 valence electrons. The van der Waals surface area contributed by atoms with Crippen LogP contribution in [0.1, 0.15) is 15.4 Å². The Balaban J connectivity index is 1.51. The molecule has 7 heteroatoms. The molecule has 0 unspecified atom stereocenters. The molecule has 0 fully saturated rings. The minimum absolute atomic E-state index is 0.249. The van der Waals surface area contributed by atoms with E-state index in [1.54, 1.807) is 18.3 Å². The fourth-order valence-corrected chi connectivity index (χ4v) is 2.56. The maximum absolute atomic E-state index is 12.0. The van der Waals surface area contributed by atoms with Crippen LogP contribution >= 0.6 is 11.3 Å². The third-order valence-electron chi connectivity index (χ3n) is 2.94. The van der Waals surface area contributed by atoms with Crippen molar-refractivity contribution in [3.63, 3.8) is 0 Å². The van der Waals surface area contributed by atoms with Crippen molar-refractivity contribution in [2.45, 2.75) is 6.42 Å². The third-order valence-corrected chi connectivity index (χ3v) is 3.84. The first-order valence-electron chi connectivity index (χ1n) is 7.03. The largest absolute Gasteiger partial charge is 0.493 e. The van der Waals surface area contributed by atoms with Crippen LogP contribution in [0.3, 0.4) is 0 Å². The van der Waals surface area contributed by atoms with Gasteiger partial charge in [-0.1, -0.05) is 29.5 Å². The Kier molecular flexibility index (Phi) is 4.90. The van der Waals surface area contributed by atoms with Gasteiger partial charge in [0.1, 0.15) is 10.8 Å². The summed E-state index contributed by atoms with van der Waals surface area (Å²) in [6.45, 7) is 0.509. The summed E-state index contributed by atoms with van der Waals surface area (Å²) < 4.78 is 5.61. The van der Waals surface area contributed by atoms with Gasteiger partial charge in [0.25, 0.3) is 5.91 Å². The summed E-state index contributed by atoms with van der Waals surface area (Å²) >= 11 is 1.34. The first kappa shape index (κ1) is 15.1. The molecule has 1 amide bonds. The van der Waals surface area contributed by atoms with Gasteiger partial charge in [0.15, 0.2) is 0 Å². The molecule has 2 heterocycles. The number of rotatable bonds is 6. The smallest absolute Gasteiger partial charge is 0.259 e. The summed E-state index contributed by atoms with van der Waals surface area (Å²) in [7, 11) is 0. The maximum atomic E-state index is 12.0. The Morgan fingerprint density at radius 2 is 2.00 bits per heavy atom. The van der Waals surface area contributed by atoms with Crippen LogP contribution in [0.4, 0.5) is 5.13 Å². The van der Waals surface area contributed by atoms with Crippen molar-refractivity contribution in [3.8, 4) is 5.75 Å². The van der Waals surface area contributed by atoms with Gasteiger partial charge in [-0.3, -0.25) is 15.1 Å². The monoisotopic (exact) mass is 326 g/mol.